The van der Waals surface area contributed by atoms with Gasteiger partial charge in [-0.05, 0) is 24.3 Å². The van der Waals surface area contributed by atoms with Crippen LogP contribution in [-0.2, 0) is 16.0 Å². The highest BCUT2D eigenvalue weighted by atomic mass is 16.6. The lowest BCUT2D eigenvalue weighted by molar-refractivity contribution is -0.136. The van der Waals surface area contributed by atoms with Crippen LogP contribution >= 0.6 is 0 Å². The lowest BCUT2D eigenvalue weighted by Gasteiger charge is -2.45. The maximum absolute atomic E-state index is 12.8. The molecule has 0 N–H and O–H groups in total. The van der Waals surface area contributed by atoms with E-state index in [0.29, 0.717) is 38.6 Å². The number of ether oxygens (including phenoxy) is 1. The van der Waals surface area contributed by atoms with E-state index in [-0.39, 0.29) is 12.0 Å². The summed E-state index contributed by atoms with van der Waals surface area (Å²) < 4.78 is 5.39. The number of amides is 2. The molecular formula is C20H26N2O3. The predicted molar refractivity (Wildman–Crippen MR) is 94.1 cm³/mol. The number of cyclic esters (lactones) is 1. The first-order valence-electron chi connectivity index (χ1n) is 9.42. The molecule has 25 heavy (non-hydrogen) atoms. The lowest BCUT2D eigenvalue weighted by Crippen LogP contribution is -2.63. The molecule has 1 saturated carbocycles. The molecule has 0 spiro atoms. The number of rotatable bonds is 4. The van der Waals surface area contributed by atoms with E-state index in [2.05, 4.69) is 12.1 Å². The van der Waals surface area contributed by atoms with E-state index < -0.39 is 5.54 Å². The van der Waals surface area contributed by atoms with Crippen molar-refractivity contribution in [3.8, 4) is 0 Å². The van der Waals surface area contributed by atoms with Gasteiger partial charge in [-0.25, -0.2) is 4.79 Å². The van der Waals surface area contributed by atoms with Crippen LogP contribution in [0.2, 0.25) is 0 Å². The highest BCUT2D eigenvalue weighted by Crippen LogP contribution is 2.34. The maximum Gasteiger partial charge on any atom is 0.410 e. The molecule has 5 nitrogen and oxygen atoms in total. The molecule has 3 fully saturated rings. The number of piperazine rings is 1. The summed E-state index contributed by atoms with van der Waals surface area (Å²) >= 11 is 0. The van der Waals surface area contributed by atoms with Crippen LogP contribution in [0.3, 0.4) is 0 Å². The average Bonchev–Trinajstić information content (AvgIpc) is 3.24. The molecule has 134 valence electrons. The summed E-state index contributed by atoms with van der Waals surface area (Å²) in [5, 5.41) is 0. The fourth-order valence-electron chi connectivity index (χ4n) is 4.64. The van der Waals surface area contributed by atoms with E-state index in [1.165, 1.54) is 31.2 Å². The summed E-state index contributed by atoms with van der Waals surface area (Å²) in [6, 6.07) is 10.2. The molecule has 1 unspecified atom stereocenters. The van der Waals surface area contributed by atoms with Crippen LogP contribution in [0, 0.1) is 5.92 Å². The Morgan fingerprint density at radius 1 is 1.16 bits per heavy atom. The van der Waals surface area contributed by atoms with Gasteiger partial charge in [-0.3, -0.25) is 9.69 Å². The minimum Gasteiger partial charge on any atom is -0.447 e. The summed E-state index contributed by atoms with van der Waals surface area (Å²) in [5.41, 5.74) is 0.762. The normalized spacial score (nSPS) is 26.6. The first-order valence-corrected chi connectivity index (χ1v) is 9.42. The van der Waals surface area contributed by atoms with Crippen molar-refractivity contribution < 1.29 is 14.3 Å². The van der Waals surface area contributed by atoms with E-state index in [1.807, 2.05) is 28.0 Å². The van der Waals surface area contributed by atoms with Gasteiger partial charge < -0.3 is 9.64 Å². The van der Waals surface area contributed by atoms with Gasteiger partial charge in [0.2, 0.25) is 5.91 Å². The minimum atomic E-state index is -0.415. The zero-order chi connectivity index (χ0) is 17.3. The van der Waals surface area contributed by atoms with Crippen molar-refractivity contribution in [1.29, 1.82) is 0 Å². The largest absolute Gasteiger partial charge is 0.447 e. The number of carbonyl (C=O) groups excluding carboxylic acids is 2. The predicted octanol–water partition coefficient (Wildman–Crippen LogP) is 2.84. The summed E-state index contributed by atoms with van der Waals surface area (Å²) in [5.74, 6) is 0.801. The Labute approximate surface area is 148 Å². The Morgan fingerprint density at radius 2 is 1.92 bits per heavy atom. The Kier molecular flexibility index (Phi) is 4.40. The molecule has 1 aromatic rings. The van der Waals surface area contributed by atoms with Crippen molar-refractivity contribution in [2.45, 2.75) is 44.1 Å². The summed E-state index contributed by atoms with van der Waals surface area (Å²) in [6.45, 7) is 2.15. The molecule has 0 bridgehead atoms. The molecular weight excluding hydrogens is 316 g/mol. The average molecular weight is 342 g/mol. The smallest absolute Gasteiger partial charge is 0.410 e. The Balaban J connectivity index is 1.50. The van der Waals surface area contributed by atoms with Crippen LogP contribution < -0.4 is 0 Å². The summed E-state index contributed by atoms with van der Waals surface area (Å²) in [4.78, 5) is 28.8. The van der Waals surface area contributed by atoms with Gasteiger partial charge in [0.15, 0.2) is 0 Å². The lowest BCUT2D eigenvalue weighted by atomic mass is 9.87. The van der Waals surface area contributed by atoms with E-state index in [9.17, 15) is 9.59 Å². The van der Waals surface area contributed by atoms with Crippen molar-refractivity contribution in [3.63, 3.8) is 0 Å². The van der Waals surface area contributed by atoms with E-state index in [1.54, 1.807) is 0 Å². The van der Waals surface area contributed by atoms with Crippen LogP contribution in [0.4, 0.5) is 4.79 Å². The Bertz CT molecular complexity index is 642. The topological polar surface area (TPSA) is 49.9 Å². The highest BCUT2D eigenvalue weighted by Gasteiger charge is 2.51. The van der Waals surface area contributed by atoms with Crippen LogP contribution in [-0.4, -0.2) is 53.6 Å². The number of nitrogens with zero attached hydrogens (tertiary/aromatic N) is 2. The summed E-state index contributed by atoms with van der Waals surface area (Å²) in [6.07, 6.45) is 6.03. The van der Waals surface area contributed by atoms with E-state index in [4.69, 9.17) is 4.74 Å². The fraction of sp³-hybridized carbons (Fsp3) is 0.600. The number of benzene rings is 1. The number of carbonyl (C=O) groups is 2. The summed E-state index contributed by atoms with van der Waals surface area (Å²) in [7, 11) is 0. The zero-order valence-corrected chi connectivity index (χ0v) is 14.7. The van der Waals surface area contributed by atoms with Crippen molar-refractivity contribution in [2.24, 2.45) is 5.92 Å². The number of hydrogen-bond acceptors (Lipinski definition) is 3. The van der Waals surface area contributed by atoms with Gasteiger partial charge in [-0.1, -0.05) is 43.2 Å². The van der Waals surface area contributed by atoms with Gasteiger partial charge in [0.25, 0.3) is 0 Å². The quantitative estimate of drug-likeness (QED) is 0.845. The third kappa shape index (κ3) is 3.24. The first-order chi connectivity index (χ1) is 12.2. The van der Waals surface area contributed by atoms with E-state index >= 15 is 0 Å². The standard InChI is InChI=1S/C20H26N2O3/c23-18(12-16-6-4-5-7-16)21-10-11-22-19(24)25-15-20(22,14-21)13-17-8-2-1-3-9-17/h1-3,8-9,16H,4-7,10-15H2. The molecule has 2 heterocycles. The molecule has 1 atom stereocenters. The van der Waals surface area contributed by atoms with Crippen LogP contribution in [0.25, 0.3) is 0 Å². The van der Waals surface area contributed by atoms with Crippen molar-refractivity contribution in [1.82, 2.24) is 9.80 Å². The SMILES string of the molecule is O=C(CC1CCCC1)N1CCN2C(=O)OCC2(Cc2ccccc2)C1. The molecule has 3 aliphatic rings. The first kappa shape index (κ1) is 16.4. The van der Waals surface area contributed by atoms with Gasteiger partial charge in [0.05, 0.1) is 0 Å². The second-order valence-electron chi connectivity index (χ2n) is 7.76. The molecule has 5 heteroatoms. The molecule has 1 aromatic carbocycles. The van der Waals surface area contributed by atoms with Gasteiger partial charge in [0, 0.05) is 32.5 Å². The number of fused-ring (bicyclic) bond motifs is 1. The Morgan fingerprint density at radius 3 is 2.68 bits per heavy atom. The van der Waals surface area contributed by atoms with Gasteiger partial charge in [-0.2, -0.15) is 0 Å². The Hall–Kier alpha value is -2.04. The molecule has 2 saturated heterocycles. The molecule has 0 radical (unpaired) electrons. The molecule has 0 aromatic heterocycles. The van der Waals surface area contributed by atoms with Crippen LogP contribution in [0.1, 0.15) is 37.7 Å². The molecule has 4 rings (SSSR count). The second kappa shape index (κ2) is 6.70. The molecule has 2 aliphatic heterocycles. The van der Waals surface area contributed by atoms with Crippen LogP contribution in [0.5, 0.6) is 0 Å². The van der Waals surface area contributed by atoms with Crippen LogP contribution in [0.15, 0.2) is 30.3 Å². The third-order valence-electron chi connectivity index (χ3n) is 6.00. The fourth-order valence-corrected chi connectivity index (χ4v) is 4.64. The number of hydrogen-bond donors (Lipinski definition) is 0. The molecule has 2 amide bonds. The maximum atomic E-state index is 12.8. The van der Waals surface area contributed by atoms with Gasteiger partial charge >= 0.3 is 6.09 Å². The van der Waals surface area contributed by atoms with E-state index in [0.717, 1.165) is 6.42 Å². The van der Waals surface area contributed by atoms with Crippen molar-refractivity contribution in [3.05, 3.63) is 35.9 Å². The van der Waals surface area contributed by atoms with Gasteiger partial charge in [-0.15, -0.1) is 0 Å². The molecule has 1 aliphatic carbocycles. The van der Waals surface area contributed by atoms with Crippen molar-refractivity contribution >= 4 is 12.0 Å². The monoisotopic (exact) mass is 342 g/mol. The highest BCUT2D eigenvalue weighted by molar-refractivity contribution is 5.78. The second-order valence-corrected chi connectivity index (χ2v) is 7.76. The third-order valence-corrected chi connectivity index (χ3v) is 6.00. The van der Waals surface area contributed by atoms with Gasteiger partial charge in [0.1, 0.15) is 12.1 Å². The minimum absolute atomic E-state index is 0.237. The van der Waals surface area contributed by atoms with Crippen molar-refractivity contribution in [2.75, 3.05) is 26.2 Å². The zero-order valence-electron chi connectivity index (χ0n) is 14.7.